The van der Waals surface area contributed by atoms with Crippen molar-refractivity contribution in [2.45, 2.75) is 44.6 Å². The molecule has 0 saturated carbocycles. The van der Waals surface area contributed by atoms with Crippen molar-refractivity contribution >= 4 is 0 Å². The highest BCUT2D eigenvalue weighted by Crippen LogP contribution is 2.23. The molecule has 0 bridgehead atoms. The van der Waals surface area contributed by atoms with Gasteiger partial charge in [-0.05, 0) is 32.2 Å². The summed E-state index contributed by atoms with van der Waals surface area (Å²) in [5, 5.41) is 8.62. The fourth-order valence-corrected chi connectivity index (χ4v) is 2.28. The second-order valence-electron chi connectivity index (χ2n) is 4.61. The van der Waals surface area contributed by atoms with Gasteiger partial charge in [0, 0.05) is 25.2 Å². The molecule has 1 aliphatic rings. The van der Waals surface area contributed by atoms with Gasteiger partial charge in [-0.2, -0.15) is 0 Å². The summed E-state index contributed by atoms with van der Waals surface area (Å²) in [5.41, 5.74) is 6.27. The Kier molecular flexibility index (Phi) is 4.85. The van der Waals surface area contributed by atoms with Crippen molar-refractivity contribution in [2.75, 3.05) is 26.2 Å². The van der Waals surface area contributed by atoms with Crippen molar-refractivity contribution in [3.8, 4) is 0 Å². The molecule has 0 aliphatic carbocycles. The highest BCUT2D eigenvalue weighted by Gasteiger charge is 2.37. The molecule has 1 saturated heterocycles. The largest absolute Gasteiger partial charge is 0.396 e. The van der Waals surface area contributed by atoms with Crippen molar-refractivity contribution in [3.05, 3.63) is 0 Å². The van der Waals surface area contributed by atoms with Crippen molar-refractivity contribution < 1.29 is 5.11 Å². The van der Waals surface area contributed by atoms with Crippen LogP contribution in [-0.2, 0) is 0 Å². The maximum absolute atomic E-state index is 8.62. The highest BCUT2D eigenvalue weighted by atomic mass is 16.2. The molecular formula is C11H24N2O. The van der Waals surface area contributed by atoms with Crippen LogP contribution < -0.4 is 5.73 Å². The highest BCUT2D eigenvalue weighted by molar-refractivity contribution is 4.99. The van der Waals surface area contributed by atoms with Crippen LogP contribution >= 0.6 is 0 Å². The van der Waals surface area contributed by atoms with E-state index in [9.17, 15) is 0 Å². The molecule has 14 heavy (non-hydrogen) atoms. The molecular weight excluding hydrogens is 176 g/mol. The van der Waals surface area contributed by atoms with Crippen LogP contribution in [-0.4, -0.2) is 41.8 Å². The van der Waals surface area contributed by atoms with Gasteiger partial charge in [0.05, 0.1) is 0 Å². The summed E-state index contributed by atoms with van der Waals surface area (Å²) >= 11 is 0. The van der Waals surface area contributed by atoms with Gasteiger partial charge in [-0.1, -0.05) is 13.3 Å². The monoisotopic (exact) mass is 200 g/mol. The molecule has 3 nitrogen and oxygen atoms in total. The third kappa shape index (κ3) is 3.56. The van der Waals surface area contributed by atoms with E-state index >= 15 is 0 Å². The normalized spacial score (nSPS) is 20.8. The van der Waals surface area contributed by atoms with E-state index in [1.54, 1.807) is 0 Å². The minimum Gasteiger partial charge on any atom is -0.396 e. The summed E-state index contributed by atoms with van der Waals surface area (Å²) in [6, 6.07) is 0. The molecule has 0 radical (unpaired) electrons. The van der Waals surface area contributed by atoms with Crippen LogP contribution in [0.25, 0.3) is 0 Å². The van der Waals surface area contributed by atoms with Gasteiger partial charge in [0.1, 0.15) is 0 Å². The lowest BCUT2D eigenvalue weighted by Gasteiger charge is -2.48. The average molecular weight is 200 g/mol. The van der Waals surface area contributed by atoms with E-state index in [1.165, 1.54) is 12.8 Å². The fourth-order valence-electron chi connectivity index (χ4n) is 2.28. The van der Waals surface area contributed by atoms with Crippen molar-refractivity contribution in [1.29, 1.82) is 0 Å². The van der Waals surface area contributed by atoms with Crippen LogP contribution in [0.2, 0.25) is 0 Å². The average Bonchev–Trinajstić information content (AvgIpc) is 2.10. The Balaban J connectivity index is 1.98. The molecule has 3 heteroatoms. The Labute approximate surface area is 87.3 Å². The molecule has 84 valence electrons. The lowest BCUT2D eigenvalue weighted by atomic mass is 9.86. The van der Waals surface area contributed by atoms with Gasteiger partial charge in [-0.15, -0.1) is 0 Å². The van der Waals surface area contributed by atoms with Gasteiger partial charge in [-0.3, -0.25) is 4.90 Å². The van der Waals surface area contributed by atoms with E-state index in [2.05, 4.69) is 11.8 Å². The van der Waals surface area contributed by atoms with Crippen LogP contribution in [0.3, 0.4) is 0 Å². The first-order valence-electron chi connectivity index (χ1n) is 5.82. The quantitative estimate of drug-likeness (QED) is 0.602. The first-order chi connectivity index (χ1) is 6.70. The second-order valence-corrected chi connectivity index (χ2v) is 4.61. The first kappa shape index (κ1) is 12.0. The van der Waals surface area contributed by atoms with Gasteiger partial charge in [0.2, 0.25) is 0 Å². The number of hydrogen-bond acceptors (Lipinski definition) is 3. The summed E-state index contributed by atoms with van der Waals surface area (Å²) < 4.78 is 0. The van der Waals surface area contributed by atoms with E-state index in [-0.39, 0.29) is 5.54 Å². The zero-order valence-electron chi connectivity index (χ0n) is 9.34. The lowest BCUT2D eigenvalue weighted by molar-refractivity contribution is 0.0619. The molecule has 0 amide bonds. The smallest absolute Gasteiger partial charge is 0.0431 e. The molecule has 1 aliphatic heterocycles. The number of unbranched alkanes of at least 4 members (excludes halogenated alkanes) is 2. The fraction of sp³-hybridized carbons (Fsp3) is 1.00. The first-order valence-corrected chi connectivity index (χ1v) is 5.82. The number of nitrogens with two attached hydrogens (primary N) is 1. The Morgan fingerprint density at radius 3 is 2.57 bits per heavy atom. The van der Waals surface area contributed by atoms with E-state index in [0.29, 0.717) is 6.61 Å². The van der Waals surface area contributed by atoms with Gasteiger partial charge in [0.25, 0.3) is 0 Å². The predicted octanol–water partition coefficient (Wildman–Crippen LogP) is 0.962. The third-order valence-electron chi connectivity index (χ3n) is 2.96. The Hall–Kier alpha value is -0.120. The van der Waals surface area contributed by atoms with Gasteiger partial charge in [0.15, 0.2) is 0 Å². The summed E-state index contributed by atoms with van der Waals surface area (Å²) in [6.45, 7) is 5.82. The zero-order valence-corrected chi connectivity index (χ0v) is 9.34. The topological polar surface area (TPSA) is 49.5 Å². The van der Waals surface area contributed by atoms with Crippen LogP contribution in [0.5, 0.6) is 0 Å². The molecule has 0 spiro atoms. The van der Waals surface area contributed by atoms with Crippen LogP contribution in [0.15, 0.2) is 0 Å². The number of likely N-dealkylation sites (tertiary alicyclic amines) is 1. The summed E-state index contributed by atoms with van der Waals surface area (Å²) in [4.78, 5) is 2.42. The van der Waals surface area contributed by atoms with Crippen LogP contribution in [0, 0.1) is 0 Å². The van der Waals surface area contributed by atoms with E-state index in [1.807, 2.05) is 0 Å². The molecule has 0 aromatic rings. The zero-order chi connectivity index (χ0) is 10.4. The minimum absolute atomic E-state index is 0.117. The molecule has 0 atom stereocenters. The van der Waals surface area contributed by atoms with E-state index in [4.69, 9.17) is 10.8 Å². The summed E-state index contributed by atoms with van der Waals surface area (Å²) in [5.74, 6) is 0. The summed E-state index contributed by atoms with van der Waals surface area (Å²) in [6.07, 6.45) is 5.62. The van der Waals surface area contributed by atoms with Crippen molar-refractivity contribution in [1.82, 2.24) is 4.90 Å². The SMILES string of the molecule is CCCC1(N)CN(CCCCCO)C1. The standard InChI is InChI=1S/C11H24N2O/c1-2-6-11(12)9-13(10-11)7-4-3-5-8-14/h14H,2-10,12H2,1H3. The van der Waals surface area contributed by atoms with Crippen LogP contribution in [0.4, 0.5) is 0 Å². The molecule has 3 N–H and O–H groups in total. The molecule has 1 fully saturated rings. The van der Waals surface area contributed by atoms with Gasteiger partial charge < -0.3 is 10.8 Å². The number of aliphatic hydroxyl groups is 1. The van der Waals surface area contributed by atoms with E-state index < -0.39 is 0 Å². The Morgan fingerprint density at radius 2 is 2.00 bits per heavy atom. The molecule has 0 aromatic carbocycles. The number of aliphatic hydroxyl groups excluding tert-OH is 1. The lowest BCUT2D eigenvalue weighted by Crippen LogP contribution is -2.67. The molecule has 1 rings (SSSR count). The predicted molar refractivity (Wildman–Crippen MR) is 59.2 cm³/mol. The maximum Gasteiger partial charge on any atom is 0.0431 e. The number of rotatable bonds is 7. The maximum atomic E-state index is 8.62. The number of nitrogens with zero attached hydrogens (tertiary/aromatic N) is 1. The van der Waals surface area contributed by atoms with Crippen molar-refractivity contribution in [3.63, 3.8) is 0 Å². The minimum atomic E-state index is 0.117. The van der Waals surface area contributed by atoms with E-state index in [0.717, 1.165) is 38.9 Å². The van der Waals surface area contributed by atoms with Crippen molar-refractivity contribution in [2.24, 2.45) is 5.73 Å². The number of hydrogen-bond donors (Lipinski definition) is 2. The van der Waals surface area contributed by atoms with Gasteiger partial charge >= 0.3 is 0 Å². The van der Waals surface area contributed by atoms with Crippen LogP contribution in [0.1, 0.15) is 39.0 Å². The Morgan fingerprint density at radius 1 is 1.29 bits per heavy atom. The van der Waals surface area contributed by atoms with Gasteiger partial charge in [-0.25, -0.2) is 0 Å². The molecule has 0 unspecified atom stereocenters. The Bertz CT molecular complexity index is 155. The summed E-state index contributed by atoms with van der Waals surface area (Å²) in [7, 11) is 0. The molecule has 0 aromatic heterocycles. The second kappa shape index (κ2) is 5.69. The molecule has 1 heterocycles. The third-order valence-corrected chi connectivity index (χ3v) is 2.96.